The molecule has 0 amide bonds. The van der Waals surface area contributed by atoms with Crippen molar-refractivity contribution in [3.05, 3.63) is 59.4 Å². The lowest BCUT2D eigenvalue weighted by molar-refractivity contribution is 0.694. The zero-order chi connectivity index (χ0) is 12.1. The number of hydrogen-bond donors (Lipinski definition) is 1. The van der Waals surface area contributed by atoms with E-state index in [2.05, 4.69) is 28.2 Å². The van der Waals surface area contributed by atoms with Gasteiger partial charge in [-0.25, -0.2) is 0 Å². The highest BCUT2D eigenvalue weighted by atomic mass is 15.0. The zero-order valence-corrected chi connectivity index (χ0v) is 9.85. The fourth-order valence-corrected chi connectivity index (χ4v) is 1.88. The molecule has 0 saturated carbocycles. The molecule has 3 heteroatoms. The minimum atomic E-state index is 0.713. The largest absolute Gasteiger partial charge is 0.346 e. The van der Waals surface area contributed by atoms with Gasteiger partial charge in [0.1, 0.15) is 0 Å². The van der Waals surface area contributed by atoms with Crippen molar-refractivity contribution in [2.45, 2.75) is 13.1 Å². The van der Waals surface area contributed by atoms with E-state index in [-0.39, 0.29) is 0 Å². The van der Waals surface area contributed by atoms with Crippen molar-refractivity contribution in [1.29, 1.82) is 5.26 Å². The number of aromatic nitrogens is 1. The monoisotopic (exact) mass is 225 g/mol. The third kappa shape index (κ3) is 2.74. The van der Waals surface area contributed by atoms with Gasteiger partial charge in [0.2, 0.25) is 0 Å². The number of rotatable bonds is 4. The topological polar surface area (TPSA) is 40.8 Å². The fraction of sp³-hybridized carbons (Fsp3) is 0.214. The van der Waals surface area contributed by atoms with Gasteiger partial charge in [0, 0.05) is 25.0 Å². The molecule has 0 unspecified atom stereocenters. The highest BCUT2D eigenvalue weighted by molar-refractivity contribution is 5.33. The Labute approximate surface area is 101 Å². The minimum absolute atomic E-state index is 0.713. The molecule has 0 aliphatic carbocycles. The van der Waals surface area contributed by atoms with Gasteiger partial charge < -0.3 is 9.88 Å². The smallest absolute Gasteiger partial charge is 0.0991 e. The number of nitriles is 1. The third-order valence-corrected chi connectivity index (χ3v) is 2.69. The summed E-state index contributed by atoms with van der Waals surface area (Å²) >= 11 is 0. The van der Waals surface area contributed by atoms with Crippen LogP contribution in [0.3, 0.4) is 0 Å². The van der Waals surface area contributed by atoms with Crippen LogP contribution in [0.1, 0.15) is 16.8 Å². The first-order valence-corrected chi connectivity index (χ1v) is 5.61. The summed E-state index contributed by atoms with van der Waals surface area (Å²) in [5, 5.41) is 12.0. The Morgan fingerprint density at radius 1 is 1.29 bits per heavy atom. The normalized spacial score (nSPS) is 10.1. The quantitative estimate of drug-likeness (QED) is 0.866. The van der Waals surface area contributed by atoms with E-state index in [0.717, 1.165) is 18.7 Å². The summed E-state index contributed by atoms with van der Waals surface area (Å²) in [6.45, 7) is 1.66. The Kier molecular flexibility index (Phi) is 3.59. The van der Waals surface area contributed by atoms with E-state index in [1.807, 2.05) is 37.4 Å². The molecule has 0 spiro atoms. The van der Waals surface area contributed by atoms with Crippen LogP contribution < -0.4 is 5.32 Å². The molecule has 0 radical (unpaired) electrons. The Morgan fingerprint density at radius 3 is 2.94 bits per heavy atom. The van der Waals surface area contributed by atoms with Crippen LogP contribution in [0.25, 0.3) is 0 Å². The minimum Gasteiger partial charge on any atom is -0.346 e. The van der Waals surface area contributed by atoms with E-state index in [9.17, 15) is 0 Å². The van der Waals surface area contributed by atoms with Gasteiger partial charge in [-0.2, -0.15) is 5.26 Å². The van der Waals surface area contributed by atoms with Crippen molar-refractivity contribution in [3.63, 3.8) is 0 Å². The zero-order valence-electron chi connectivity index (χ0n) is 9.85. The molecule has 0 bridgehead atoms. The van der Waals surface area contributed by atoms with Gasteiger partial charge >= 0.3 is 0 Å². The van der Waals surface area contributed by atoms with Gasteiger partial charge in [-0.05, 0) is 36.9 Å². The maximum absolute atomic E-state index is 8.86. The molecule has 3 nitrogen and oxygen atoms in total. The summed E-state index contributed by atoms with van der Waals surface area (Å²) < 4.78 is 2.19. The third-order valence-electron chi connectivity index (χ3n) is 2.69. The van der Waals surface area contributed by atoms with Crippen LogP contribution in [-0.4, -0.2) is 11.6 Å². The number of hydrogen-bond acceptors (Lipinski definition) is 2. The Balaban J connectivity index is 2.19. The summed E-state index contributed by atoms with van der Waals surface area (Å²) in [6.07, 6.45) is 2.06. The SMILES string of the molecule is CNCc1cccn1Cc1cccc(C#N)c1. The van der Waals surface area contributed by atoms with Crippen LogP contribution in [0, 0.1) is 11.3 Å². The molecule has 1 aromatic carbocycles. The molecule has 0 fully saturated rings. The van der Waals surface area contributed by atoms with Crippen molar-refractivity contribution in [1.82, 2.24) is 9.88 Å². The highest BCUT2D eigenvalue weighted by Crippen LogP contribution is 2.09. The Hall–Kier alpha value is -2.05. The molecule has 2 aromatic rings. The summed E-state index contributed by atoms with van der Waals surface area (Å²) in [5.41, 5.74) is 3.11. The second kappa shape index (κ2) is 5.33. The van der Waals surface area contributed by atoms with Gasteiger partial charge in [-0.15, -0.1) is 0 Å². The maximum atomic E-state index is 8.86. The summed E-state index contributed by atoms with van der Waals surface area (Å²) in [6, 6.07) is 14.0. The van der Waals surface area contributed by atoms with E-state index in [0.29, 0.717) is 5.56 Å². The number of nitrogens with zero attached hydrogens (tertiary/aromatic N) is 2. The second-order valence-electron chi connectivity index (χ2n) is 3.97. The summed E-state index contributed by atoms with van der Waals surface area (Å²) in [7, 11) is 1.94. The molecular formula is C14H15N3. The molecule has 17 heavy (non-hydrogen) atoms. The molecule has 86 valence electrons. The van der Waals surface area contributed by atoms with E-state index in [1.54, 1.807) is 0 Å². The van der Waals surface area contributed by atoms with Crippen molar-refractivity contribution >= 4 is 0 Å². The molecule has 0 aliphatic heterocycles. The van der Waals surface area contributed by atoms with Crippen LogP contribution in [0.4, 0.5) is 0 Å². The molecule has 0 aliphatic rings. The van der Waals surface area contributed by atoms with Gasteiger partial charge in [0.15, 0.2) is 0 Å². The lowest BCUT2D eigenvalue weighted by Crippen LogP contribution is -2.11. The first kappa shape index (κ1) is 11.4. The lowest BCUT2D eigenvalue weighted by atomic mass is 10.1. The van der Waals surface area contributed by atoms with Crippen molar-refractivity contribution in [3.8, 4) is 6.07 Å². The maximum Gasteiger partial charge on any atom is 0.0991 e. The van der Waals surface area contributed by atoms with Gasteiger partial charge in [0.05, 0.1) is 11.6 Å². The fourth-order valence-electron chi connectivity index (χ4n) is 1.88. The molecular weight excluding hydrogens is 210 g/mol. The van der Waals surface area contributed by atoms with Crippen molar-refractivity contribution in [2.24, 2.45) is 0 Å². The average molecular weight is 225 g/mol. The predicted octanol–water partition coefficient (Wildman–Crippen LogP) is 2.13. The van der Waals surface area contributed by atoms with Crippen LogP contribution in [-0.2, 0) is 13.1 Å². The van der Waals surface area contributed by atoms with Crippen molar-refractivity contribution < 1.29 is 0 Å². The molecule has 1 N–H and O–H groups in total. The van der Waals surface area contributed by atoms with E-state index < -0.39 is 0 Å². The number of nitrogens with one attached hydrogen (secondary N) is 1. The summed E-state index contributed by atoms with van der Waals surface area (Å²) in [5.74, 6) is 0. The first-order valence-electron chi connectivity index (χ1n) is 5.61. The molecule has 1 heterocycles. The van der Waals surface area contributed by atoms with E-state index in [4.69, 9.17) is 5.26 Å². The first-order chi connectivity index (χ1) is 8.33. The lowest BCUT2D eigenvalue weighted by Gasteiger charge is -2.09. The Bertz CT molecular complexity index is 534. The van der Waals surface area contributed by atoms with Crippen LogP contribution in [0.2, 0.25) is 0 Å². The highest BCUT2D eigenvalue weighted by Gasteiger charge is 2.01. The van der Waals surface area contributed by atoms with Gasteiger partial charge in [-0.1, -0.05) is 12.1 Å². The number of benzene rings is 1. The van der Waals surface area contributed by atoms with Crippen molar-refractivity contribution in [2.75, 3.05) is 7.05 Å². The molecule has 0 saturated heterocycles. The predicted molar refractivity (Wildman–Crippen MR) is 67.5 cm³/mol. The van der Waals surface area contributed by atoms with Gasteiger partial charge in [-0.3, -0.25) is 0 Å². The molecule has 0 atom stereocenters. The Morgan fingerprint density at radius 2 is 2.18 bits per heavy atom. The van der Waals surface area contributed by atoms with Crippen LogP contribution >= 0.6 is 0 Å². The van der Waals surface area contributed by atoms with Crippen LogP contribution in [0.15, 0.2) is 42.6 Å². The second-order valence-corrected chi connectivity index (χ2v) is 3.97. The van der Waals surface area contributed by atoms with Gasteiger partial charge in [0.25, 0.3) is 0 Å². The summed E-state index contributed by atoms with van der Waals surface area (Å²) in [4.78, 5) is 0. The van der Waals surface area contributed by atoms with Crippen LogP contribution in [0.5, 0.6) is 0 Å². The standard InChI is InChI=1S/C14H15N3/c1-16-10-14-6-3-7-17(14)11-13-5-2-4-12(8-13)9-15/h2-8,16H,10-11H2,1H3. The van der Waals surface area contributed by atoms with E-state index >= 15 is 0 Å². The van der Waals surface area contributed by atoms with E-state index in [1.165, 1.54) is 5.69 Å². The molecule has 2 rings (SSSR count). The average Bonchev–Trinajstić information content (AvgIpc) is 2.78. The molecule has 1 aromatic heterocycles.